The summed E-state index contributed by atoms with van der Waals surface area (Å²) in [5, 5.41) is 0. The monoisotopic (exact) mass is 248 g/mol. The van der Waals surface area contributed by atoms with Crippen molar-refractivity contribution in [3.05, 3.63) is 11.8 Å². The predicted molar refractivity (Wildman–Crippen MR) is 70.1 cm³/mol. The molecule has 5 unspecified atom stereocenters. The van der Waals surface area contributed by atoms with Gasteiger partial charge in [-0.2, -0.15) is 0 Å². The Labute approximate surface area is 110 Å². The molecule has 2 aliphatic heterocycles. The Hall–Kier alpha value is -0.500. The minimum atomic E-state index is 0.532. The van der Waals surface area contributed by atoms with Crippen LogP contribution >= 0.6 is 0 Å². The minimum Gasteiger partial charge on any atom is -0.501 e. The number of allylic oxidation sites excluding steroid dienone is 1. The molecule has 18 heavy (non-hydrogen) atoms. The SMILES string of the molecule is C(OCC1CC2OC1C1CCCC21)=C1CCCC1. The summed E-state index contributed by atoms with van der Waals surface area (Å²) in [6.07, 6.45) is 13.9. The molecule has 0 radical (unpaired) electrons. The molecule has 0 aromatic heterocycles. The largest absolute Gasteiger partial charge is 0.501 e. The van der Waals surface area contributed by atoms with Gasteiger partial charge in [-0.3, -0.25) is 0 Å². The number of ether oxygens (including phenoxy) is 2. The van der Waals surface area contributed by atoms with E-state index in [9.17, 15) is 0 Å². The van der Waals surface area contributed by atoms with Gasteiger partial charge in [0.05, 0.1) is 25.1 Å². The maximum absolute atomic E-state index is 6.17. The average Bonchev–Trinajstić information content (AvgIpc) is 3.12. The van der Waals surface area contributed by atoms with Gasteiger partial charge < -0.3 is 9.47 Å². The lowest BCUT2D eigenvalue weighted by atomic mass is 9.76. The van der Waals surface area contributed by atoms with Crippen molar-refractivity contribution < 1.29 is 9.47 Å². The third-order valence-corrected chi connectivity index (χ3v) is 5.66. The third-order valence-electron chi connectivity index (χ3n) is 5.66. The van der Waals surface area contributed by atoms with Crippen LogP contribution in [0.4, 0.5) is 0 Å². The van der Waals surface area contributed by atoms with E-state index < -0.39 is 0 Å². The van der Waals surface area contributed by atoms with Gasteiger partial charge in [0.15, 0.2) is 0 Å². The summed E-state index contributed by atoms with van der Waals surface area (Å²) >= 11 is 0. The molecule has 2 aliphatic carbocycles. The number of rotatable bonds is 3. The summed E-state index contributed by atoms with van der Waals surface area (Å²) in [7, 11) is 0. The van der Waals surface area contributed by atoms with Crippen molar-refractivity contribution in [1.29, 1.82) is 0 Å². The molecule has 0 amide bonds. The molecule has 4 fully saturated rings. The zero-order valence-electron chi connectivity index (χ0n) is 11.1. The second kappa shape index (κ2) is 4.56. The lowest BCUT2D eigenvalue weighted by Crippen LogP contribution is -2.32. The van der Waals surface area contributed by atoms with E-state index in [0.29, 0.717) is 18.1 Å². The smallest absolute Gasteiger partial charge is 0.0927 e. The fraction of sp³-hybridized carbons (Fsp3) is 0.875. The first kappa shape index (κ1) is 11.3. The van der Waals surface area contributed by atoms with E-state index in [-0.39, 0.29) is 0 Å². The summed E-state index contributed by atoms with van der Waals surface area (Å²) < 4.78 is 12.0. The standard InChI is InChI=1S/C16H24O2/c1-2-5-11(4-1)9-17-10-12-8-15-13-6-3-7-14(13)16(12)18-15/h9,12-16H,1-8,10H2. The molecule has 2 saturated heterocycles. The normalized spacial score (nSPS) is 45.6. The Kier molecular flexibility index (Phi) is 2.87. The van der Waals surface area contributed by atoms with Gasteiger partial charge in [-0.1, -0.05) is 6.42 Å². The van der Waals surface area contributed by atoms with Crippen molar-refractivity contribution in [3.63, 3.8) is 0 Å². The second-order valence-corrected chi connectivity index (χ2v) is 6.71. The van der Waals surface area contributed by atoms with Crippen molar-refractivity contribution in [2.24, 2.45) is 17.8 Å². The van der Waals surface area contributed by atoms with Gasteiger partial charge >= 0.3 is 0 Å². The van der Waals surface area contributed by atoms with Crippen LogP contribution in [0.1, 0.15) is 51.4 Å². The van der Waals surface area contributed by atoms with Gasteiger partial charge in [0.1, 0.15) is 0 Å². The van der Waals surface area contributed by atoms with Crippen LogP contribution in [0.25, 0.3) is 0 Å². The van der Waals surface area contributed by atoms with Crippen LogP contribution in [0.15, 0.2) is 11.8 Å². The Bertz CT molecular complexity index is 341. The van der Waals surface area contributed by atoms with E-state index in [0.717, 1.165) is 18.4 Å². The minimum absolute atomic E-state index is 0.532. The Morgan fingerprint density at radius 2 is 1.94 bits per heavy atom. The van der Waals surface area contributed by atoms with Gasteiger partial charge in [-0.15, -0.1) is 0 Å². The predicted octanol–water partition coefficient (Wildman–Crippen LogP) is 3.66. The zero-order chi connectivity index (χ0) is 11.9. The summed E-state index contributed by atoms with van der Waals surface area (Å²) in [4.78, 5) is 0. The lowest BCUT2D eigenvalue weighted by molar-refractivity contribution is 0.0539. The highest BCUT2D eigenvalue weighted by molar-refractivity contribution is 5.04. The Morgan fingerprint density at radius 1 is 1.11 bits per heavy atom. The number of fused-ring (bicyclic) bond motifs is 5. The highest BCUT2D eigenvalue weighted by Crippen LogP contribution is 2.53. The van der Waals surface area contributed by atoms with Crippen LogP contribution < -0.4 is 0 Å². The van der Waals surface area contributed by atoms with E-state index >= 15 is 0 Å². The molecule has 2 heteroatoms. The van der Waals surface area contributed by atoms with Crippen molar-refractivity contribution in [2.75, 3.05) is 6.61 Å². The third kappa shape index (κ3) is 1.80. The van der Waals surface area contributed by atoms with Gasteiger partial charge in [-0.05, 0) is 62.4 Å². The van der Waals surface area contributed by atoms with E-state index in [1.807, 2.05) is 0 Å². The molecule has 2 nitrogen and oxygen atoms in total. The zero-order valence-corrected chi connectivity index (χ0v) is 11.1. The maximum Gasteiger partial charge on any atom is 0.0927 e. The van der Waals surface area contributed by atoms with Crippen LogP contribution in [-0.4, -0.2) is 18.8 Å². The van der Waals surface area contributed by atoms with Crippen LogP contribution in [-0.2, 0) is 9.47 Å². The van der Waals surface area contributed by atoms with Crippen LogP contribution in [0.3, 0.4) is 0 Å². The van der Waals surface area contributed by atoms with E-state index in [4.69, 9.17) is 9.47 Å². The van der Waals surface area contributed by atoms with Gasteiger partial charge in [-0.25, -0.2) is 0 Å². The average molecular weight is 248 g/mol. The number of hydrogen-bond donors (Lipinski definition) is 0. The summed E-state index contributed by atoms with van der Waals surface area (Å²) in [5.74, 6) is 2.45. The molecule has 0 N–H and O–H groups in total. The fourth-order valence-corrected chi connectivity index (χ4v) is 4.81. The Balaban J connectivity index is 1.33. The summed E-state index contributed by atoms with van der Waals surface area (Å²) in [6, 6.07) is 0. The first-order valence-corrected chi connectivity index (χ1v) is 7.87. The van der Waals surface area contributed by atoms with Crippen molar-refractivity contribution >= 4 is 0 Å². The highest BCUT2D eigenvalue weighted by atomic mass is 16.5. The van der Waals surface area contributed by atoms with Crippen molar-refractivity contribution in [2.45, 2.75) is 63.6 Å². The van der Waals surface area contributed by atoms with Gasteiger partial charge in [0.25, 0.3) is 0 Å². The topological polar surface area (TPSA) is 18.5 Å². The van der Waals surface area contributed by atoms with Crippen molar-refractivity contribution in [1.82, 2.24) is 0 Å². The molecular weight excluding hydrogens is 224 g/mol. The maximum atomic E-state index is 6.17. The molecule has 2 saturated carbocycles. The molecule has 5 atom stereocenters. The molecule has 100 valence electrons. The first-order valence-electron chi connectivity index (χ1n) is 7.87. The van der Waals surface area contributed by atoms with Crippen molar-refractivity contribution in [3.8, 4) is 0 Å². The summed E-state index contributed by atoms with van der Waals surface area (Å²) in [5.41, 5.74) is 1.53. The number of hydrogen-bond acceptors (Lipinski definition) is 2. The van der Waals surface area contributed by atoms with E-state index in [2.05, 4.69) is 6.26 Å². The van der Waals surface area contributed by atoms with Crippen LogP contribution in [0.2, 0.25) is 0 Å². The molecule has 0 aromatic carbocycles. The quantitative estimate of drug-likeness (QED) is 0.710. The molecule has 4 aliphatic rings. The van der Waals surface area contributed by atoms with Gasteiger partial charge in [0, 0.05) is 5.92 Å². The van der Waals surface area contributed by atoms with Crippen LogP contribution in [0, 0.1) is 17.8 Å². The lowest BCUT2D eigenvalue weighted by Gasteiger charge is -2.27. The molecular formula is C16H24O2. The highest BCUT2D eigenvalue weighted by Gasteiger charge is 2.55. The summed E-state index contributed by atoms with van der Waals surface area (Å²) in [6.45, 7) is 0.897. The molecule has 2 heterocycles. The molecule has 2 bridgehead atoms. The molecule has 0 spiro atoms. The molecule has 4 rings (SSSR count). The van der Waals surface area contributed by atoms with Crippen LogP contribution in [0.5, 0.6) is 0 Å². The van der Waals surface area contributed by atoms with Gasteiger partial charge in [0.2, 0.25) is 0 Å². The van der Waals surface area contributed by atoms with E-state index in [1.165, 1.54) is 56.9 Å². The second-order valence-electron chi connectivity index (χ2n) is 6.71. The fourth-order valence-electron chi connectivity index (χ4n) is 4.81. The first-order chi connectivity index (χ1) is 8.92. The Morgan fingerprint density at radius 3 is 2.83 bits per heavy atom. The van der Waals surface area contributed by atoms with E-state index in [1.54, 1.807) is 0 Å². The molecule has 0 aromatic rings.